The van der Waals surface area contributed by atoms with Gasteiger partial charge in [0, 0.05) is 12.4 Å². The SMILES string of the molecule is CNC(=O)c1cc(C)cc2c(C)n[nH]c12. The number of fused-ring (bicyclic) bond motifs is 1. The molecule has 0 saturated heterocycles. The molecule has 0 aliphatic heterocycles. The second kappa shape index (κ2) is 3.38. The predicted molar refractivity (Wildman–Crippen MR) is 59.0 cm³/mol. The topological polar surface area (TPSA) is 57.8 Å². The van der Waals surface area contributed by atoms with Crippen molar-refractivity contribution in [2.75, 3.05) is 7.05 Å². The predicted octanol–water partition coefficient (Wildman–Crippen LogP) is 1.54. The molecule has 78 valence electrons. The molecule has 0 aliphatic rings. The van der Waals surface area contributed by atoms with Gasteiger partial charge in [-0.15, -0.1) is 0 Å². The second-order valence-electron chi connectivity index (χ2n) is 3.62. The summed E-state index contributed by atoms with van der Waals surface area (Å²) in [5, 5.41) is 10.6. The third-order valence-electron chi connectivity index (χ3n) is 2.48. The van der Waals surface area contributed by atoms with E-state index >= 15 is 0 Å². The fourth-order valence-corrected chi connectivity index (χ4v) is 1.71. The van der Waals surface area contributed by atoms with Gasteiger partial charge in [0.15, 0.2) is 0 Å². The molecular weight excluding hydrogens is 190 g/mol. The lowest BCUT2D eigenvalue weighted by molar-refractivity contribution is 0.0964. The highest BCUT2D eigenvalue weighted by molar-refractivity contribution is 6.06. The Bertz CT molecular complexity index is 528. The molecule has 1 aromatic carbocycles. The molecule has 4 heteroatoms. The number of nitrogens with zero attached hydrogens (tertiary/aromatic N) is 1. The fourth-order valence-electron chi connectivity index (χ4n) is 1.71. The van der Waals surface area contributed by atoms with Crippen LogP contribution in [0.1, 0.15) is 21.6 Å². The van der Waals surface area contributed by atoms with Crippen LogP contribution in [0.2, 0.25) is 0 Å². The second-order valence-corrected chi connectivity index (χ2v) is 3.62. The summed E-state index contributed by atoms with van der Waals surface area (Å²) < 4.78 is 0. The van der Waals surface area contributed by atoms with Crippen molar-refractivity contribution in [2.45, 2.75) is 13.8 Å². The maximum absolute atomic E-state index is 11.6. The van der Waals surface area contributed by atoms with Crippen molar-refractivity contribution < 1.29 is 4.79 Å². The van der Waals surface area contributed by atoms with Gasteiger partial charge in [0.1, 0.15) is 0 Å². The maximum Gasteiger partial charge on any atom is 0.253 e. The Morgan fingerprint density at radius 2 is 2.13 bits per heavy atom. The summed E-state index contributed by atoms with van der Waals surface area (Å²) in [6, 6.07) is 3.89. The minimum absolute atomic E-state index is 0.0904. The molecule has 0 saturated carbocycles. The van der Waals surface area contributed by atoms with Crippen molar-refractivity contribution in [3.63, 3.8) is 0 Å². The van der Waals surface area contributed by atoms with E-state index in [1.807, 2.05) is 26.0 Å². The van der Waals surface area contributed by atoms with E-state index in [1.54, 1.807) is 7.05 Å². The van der Waals surface area contributed by atoms with Crippen molar-refractivity contribution in [3.8, 4) is 0 Å². The molecular formula is C11H13N3O. The molecule has 0 fully saturated rings. The summed E-state index contributed by atoms with van der Waals surface area (Å²) in [4.78, 5) is 11.6. The summed E-state index contributed by atoms with van der Waals surface area (Å²) in [6.45, 7) is 3.89. The molecule has 15 heavy (non-hydrogen) atoms. The molecule has 0 atom stereocenters. The largest absolute Gasteiger partial charge is 0.355 e. The van der Waals surface area contributed by atoms with E-state index in [2.05, 4.69) is 15.5 Å². The fraction of sp³-hybridized carbons (Fsp3) is 0.273. The Morgan fingerprint density at radius 3 is 2.80 bits per heavy atom. The molecule has 0 spiro atoms. The van der Waals surface area contributed by atoms with Crippen LogP contribution in [0.15, 0.2) is 12.1 Å². The van der Waals surface area contributed by atoms with Gasteiger partial charge in [-0.3, -0.25) is 9.89 Å². The van der Waals surface area contributed by atoms with Crippen molar-refractivity contribution in [1.82, 2.24) is 15.5 Å². The van der Waals surface area contributed by atoms with Crippen LogP contribution < -0.4 is 5.32 Å². The summed E-state index contributed by atoms with van der Waals surface area (Å²) in [6.07, 6.45) is 0. The van der Waals surface area contributed by atoms with Crippen LogP contribution in [0.25, 0.3) is 10.9 Å². The van der Waals surface area contributed by atoms with E-state index in [0.29, 0.717) is 5.56 Å². The number of carbonyl (C=O) groups is 1. The highest BCUT2D eigenvalue weighted by Crippen LogP contribution is 2.21. The van der Waals surface area contributed by atoms with Gasteiger partial charge >= 0.3 is 0 Å². The molecule has 2 rings (SSSR count). The Kier molecular flexibility index (Phi) is 2.19. The van der Waals surface area contributed by atoms with Gasteiger partial charge in [0.05, 0.1) is 16.8 Å². The first-order valence-electron chi connectivity index (χ1n) is 4.81. The molecule has 1 amide bonds. The van der Waals surface area contributed by atoms with Crippen molar-refractivity contribution >= 4 is 16.8 Å². The monoisotopic (exact) mass is 203 g/mol. The third-order valence-corrected chi connectivity index (χ3v) is 2.48. The number of carbonyl (C=O) groups excluding carboxylic acids is 1. The van der Waals surface area contributed by atoms with Crippen LogP contribution in [0.4, 0.5) is 0 Å². The highest BCUT2D eigenvalue weighted by Gasteiger charge is 2.12. The van der Waals surface area contributed by atoms with E-state index in [4.69, 9.17) is 0 Å². The lowest BCUT2D eigenvalue weighted by Crippen LogP contribution is -2.18. The van der Waals surface area contributed by atoms with Gasteiger partial charge < -0.3 is 5.32 Å². The first-order chi connectivity index (χ1) is 7.13. The summed E-state index contributed by atoms with van der Waals surface area (Å²) in [5.74, 6) is -0.0904. The number of aryl methyl sites for hydroxylation is 2. The van der Waals surface area contributed by atoms with Gasteiger partial charge in [0.25, 0.3) is 5.91 Å². The molecule has 0 unspecified atom stereocenters. The molecule has 0 bridgehead atoms. The summed E-state index contributed by atoms with van der Waals surface area (Å²) in [5.41, 5.74) is 3.43. The van der Waals surface area contributed by atoms with Crippen molar-refractivity contribution in [1.29, 1.82) is 0 Å². The van der Waals surface area contributed by atoms with Gasteiger partial charge in [-0.25, -0.2) is 0 Å². The van der Waals surface area contributed by atoms with Crippen LogP contribution in [-0.2, 0) is 0 Å². The smallest absolute Gasteiger partial charge is 0.253 e. The minimum Gasteiger partial charge on any atom is -0.355 e. The highest BCUT2D eigenvalue weighted by atomic mass is 16.1. The Balaban J connectivity index is 2.78. The molecule has 2 N–H and O–H groups in total. The Morgan fingerprint density at radius 1 is 1.40 bits per heavy atom. The van der Waals surface area contributed by atoms with Crippen LogP contribution in [-0.4, -0.2) is 23.2 Å². The van der Waals surface area contributed by atoms with Gasteiger partial charge in [0.2, 0.25) is 0 Å². The zero-order chi connectivity index (χ0) is 11.0. The molecule has 0 aliphatic carbocycles. The number of aromatic amines is 1. The number of nitrogens with one attached hydrogen (secondary N) is 2. The number of benzene rings is 1. The average Bonchev–Trinajstić information content (AvgIpc) is 2.58. The third kappa shape index (κ3) is 1.48. The van der Waals surface area contributed by atoms with Crippen LogP contribution >= 0.6 is 0 Å². The van der Waals surface area contributed by atoms with E-state index in [9.17, 15) is 4.79 Å². The van der Waals surface area contributed by atoms with Crippen LogP contribution in [0.3, 0.4) is 0 Å². The normalized spacial score (nSPS) is 10.6. The molecule has 1 heterocycles. The standard InChI is InChI=1S/C11H13N3O/c1-6-4-8-7(2)13-14-10(8)9(5-6)11(15)12-3/h4-5H,1-3H3,(H,12,15)(H,13,14). The first-order valence-corrected chi connectivity index (χ1v) is 4.81. The average molecular weight is 203 g/mol. The van der Waals surface area contributed by atoms with Gasteiger partial charge in [-0.05, 0) is 31.5 Å². The maximum atomic E-state index is 11.6. The molecule has 1 aromatic heterocycles. The number of rotatable bonds is 1. The van der Waals surface area contributed by atoms with E-state index in [1.165, 1.54) is 0 Å². The van der Waals surface area contributed by atoms with E-state index in [-0.39, 0.29) is 5.91 Å². The Labute approximate surface area is 87.7 Å². The van der Waals surface area contributed by atoms with Gasteiger partial charge in [-0.1, -0.05) is 0 Å². The van der Waals surface area contributed by atoms with Crippen LogP contribution in [0.5, 0.6) is 0 Å². The number of aromatic nitrogens is 2. The van der Waals surface area contributed by atoms with Crippen molar-refractivity contribution in [2.24, 2.45) is 0 Å². The lowest BCUT2D eigenvalue weighted by Gasteiger charge is -2.03. The molecule has 4 nitrogen and oxygen atoms in total. The number of hydrogen-bond donors (Lipinski definition) is 2. The number of hydrogen-bond acceptors (Lipinski definition) is 2. The first kappa shape index (κ1) is 9.71. The lowest BCUT2D eigenvalue weighted by atomic mass is 10.1. The molecule has 2 aromatic rings. The van der Waals surface area contributed by atoms with E-state index < -0.39 is 0 Å². The Hall–Kier alpha value is -1.84. The van der Waals surface area contributed by atoms with Crippen molar-refractivity contribution in [3.05, 3.63) is 29.0 Å². The number of amides is 1. The summed E-state index contributed by atoms with van der Waals surface area (Å²) >= 11 is 0. The van der Waals surface area contributed by atoms with Crippen LogP contribution in [0, 0.1) is 13.8 Å². The number of H-pyrrole nitrogens is 1. The quantitative estimate of drug-likeness (QED) is 0.738. The van der Waals surface area contributed by atoms with E-state index in [0.717, 1.165) is 22.2 Å². The summed E-state index contributed by atoms with van der Waals surface area (Å²) in [7, 11) is 1.62. The minimum atomic E-state index is -0.0904. The molecule has 0 radical (unpaired) electrons. The zero-order valence-corrected chi connectivity index (χ0v) is 9.01. The zero-order valence-electron chi connectivity index (χ0n) is 9.01. The van der Waals surface area contributed by atoms with Gasteiger partial charge in [-0.2, -0.15) is 5.10 Å².